The average molecular weight is 739 g/mol. The Morgan fingerprint density at radius 3 is 1.62 bits per heavy atom. The summed E-state index contributed by atoms with van der Waals surface area (Å²) in [7, 11) is 0. The van der Waals surface area contributed by atoms with Crippen LogP contribution in [0, 0.1) is 0 Å². The summed E-state index contributed by atoms with van der Waals surface area (Å²) in [5, 5.41) is 7.50. The average Bonchev–Trinajstić information content (AvgIpc) is 3.65. The molecule has 0 spiro atoms. The molecule has 0 atom stereocenters. The van der Waals surface area contributed by atoms with E-state index < -0.39 is 0 Å². The van der Waals surface area contributed by atoms with Crippen LogP contribution in [0.1, 0.15) is 0 Å². The van der Waals surface area contributed by atoms with Gasteiger partial charge >= 0.3 is 0 Å². The van der Waals surface area contributed by atoms with Crippen LogP contribution in [-0.2, 0) is 0 Å². The molecular formula is C56H38N2. The maximum Gasteiger partial charge on any atom is 0.0562 e. The van der Waals surface area contributed by atoms with E-state index >= 15 is 0 Å². The van der Waals surface area contributed by atoms with E-state index in [1.807, 2.05) is 0 Å². The molecule has 1 aromatic heterocycles. The van der Waals surface area contributed by atoms with E-state index in [4.69, 9.17) is 0 Å². The normalized spacial score (nSPS) is 11.4. The van der Waals surface area contributed by atoms with Gasteiger partial charge in [-0.1, -0.05) is 176 Å². The molecule has 0 saturated heterocycles. The van der Waals surface area contributed by atoms with Gasteiger partial charge in [0.25, 0.3) is 0 Å². The number of rotatable bonds is 7. The second-order valence-corrected chi connectivity index (χ2v) is 14.9. The maximum atomic E-state index is 2.45. The van der Waals surface area contributed by atoms with Gasteiger partial charge in [0.15, 0.2) is 0 Å². The first kappa shape index (κ1) is 33.6. The summed E-state index contributed by atoms with van der Waals surface area (Å²) < 4.78 is 2.43. The zero-order valence-electron chi connectivity index (χ0n) is 31.8. The Balaban J connectivity index is 1.10. The van der Waals surface area contributed by atoms with Gasteiger partial charge in [0.1, 0.15) is 0 Å². The van der Waals surface area contributed by atoms with Gasteiger partial charge in [0, 0.05) is 27.7 Å². The van der Waals surface area contributed by atoms with E-state index in [0.717, 1.165) is 28.3 Å². The lowest BCUT2D eigenvalue weighted by Gasteiger charge is -2.29. The van der Waals surface area contributed by atoms with E-state index in [-0.39, 0.29) is 0 Å². The van der Waals surface area contributed by atoms with Crippen LogP contribution in [0.3, 0.4) is 0 Å². The van der Waals surface area contributed by atoms with Gasteiger partial charge in [0.2, 0.25) is 0 Å². The molecule has 0 fully saturated rings. The monoisotopic (exact) mass is 738 g/mol. The first-order chi connectivity index (χ1) is 28.8. The molecule has 0 radical (unpaired) electrons. The Morgan fingerprint density at radius 1 is 0.310 bits per heavy atom. The van der Waals surface area contributed by atoms with Crippen molar-refractivity contribution in [2.75, 3.05) is 4.90 Å². The zero-order valence-corrected chi connectivity index (χ0v) is 31.8. The molecule has 272 valence electrons. The van der Waals surface area contributed by atoms with Crippen molar-refractivity contribution in [3.05, 3.63) is 231 Å². The van der Waals surface area contributed by atoms with Crippen LogP contribution in [0.25, 0.3) is 82.4 Å². The van der Waals surface area contributed by atoms with E-state index in [1.54, 1.807) is 0 Å². The van der Waals surface area contributed by atoms with E-state index in [9.17, 15) is 0 Å². The SMILES string of the molecule is c1ccc(-c2ccc(N(c3ccccc3-c3ccccc3)c3cccc4c3c3ccccc3n4-c3ccc(-c4cc5ccccc5c5ccccc45)cc3)cc2)cc1. The van der Waals surface area contributed by atoms with Crippen molar-refractivity contribution in [3.63, 3.8) is 0 Å². The van der Waals surface area contributed by atoms with Crippen molar-refractivity contribution >= 4 is 60.4 Å². The molecule has 58 heavy (non-hydrogen) atoms. The van der Waals surface area contributed by atoms with Crippen molar-refractivity contribution in [2.24, 2.45) is 0 Å². The van der Waals surface area contributed by atoms with Crippen LogP contribution in [0.4, 0.5) is 17.1 Å². The lowest BCUT2D eigenvalue weighted by molar-refractivity contribution is 1.18. The van der Waals surface area contributed by atoms with Crippen LogP contribution >= 0.6 is 0 Å². The summed E-state index contributed by atoms with van der Waals surface area (Å²) in [5.74, 6) is 0. The third-order valence-electron chi connectivity index (χ3n) is 11.6. The number of anilines is 3. The highest BCUT2D eigenvalue weighted by molar-refractivity contribution is 6.17. The van der Waals surface area contributed by atoms with Gasteiger partial charge in [0.05, 0.1) is 22.4 Å². The summed E-state index contributed by atoms with van der Waals surface area (Å²) in [4.78, 5) is 2.45. The van der Waals surface area contributed by atoms with E-state index in [1.165, 1.54) is 71.2 Å². The van der Waals surface area contributed by atoms with Crippen LogP contribution in [0.15, 0.2) is 231 Å². The summed E-state index contributed by atoms with van der Waals surface area (Å²) >= 11 is 0. The molecule has 2 heteroatoms. The van der Waals surface area contributed by atoms with Gasteiger partial charge in [-0.3, -0.25) is 0 Å². The standard InChI is InChI=1S/C56H38N2/c1-3-16-39(17-4-1)40-30-34-44(35-31-40)57(52-26-13-11-22-47(52)41-18-5-2-6-19-41)54-28-15-29-55-56(54)50-25-12-14-27-53(50)58(55)45-36-32-42(33-37-45)51-38-43-20-7-8-21-46(43)48-23-9-10-24-49(48)51/h1-38H. The minimum atomic E-state index is 1.10. The Morgan fingerprint density at radius 2 is 0.845 bits per heavy atom. The third kappa shape index (κ3) is 5.66. The number of aromatic nitrogens is 1. The van der Waals surface area contributed by atoms with Crippen LogP contribution in [0.2, 0.25) is 0 Å². The molecular weight excluding hydrogens is 701 g/mol. The Hall–Kier alpha value is -7.68. The molecule has 0 aliphatic heterocycles. The molecule has 0 aliphatic carbocycles. The fourth-order valence-electron chi connectivity index (χ4n) is 8.92. The van der Waals surface area contributed by atoms with Crippen molar-refractivity contribution in [1.29, 1.82) is 0 Å². The summed E-state index contributed by atoms with van der Waals surface area (Å²) in [5.41, 5.74) is 14.0. The molecule has 2 nitrogen and oxygen atoms in total. The van der Waals surface area contributed by atoms with Gasteiger partial charge in [-0.05, 0) is 104 Å². The summed E-state index contributed by atoms with van der Waals surface area (Å²) in [6, 6.07) is 83.6. The second-order valence-electron chi connectivity index (χ2n) is 14.9. The lowest BCUT2D eigenvalue weighted by Crippen LogP contribution is -2.11. The highest BCUT2D eigenvalue weighted by Gasteiger charge is 2.23. The third-order valence-corrected chi connectivity index (χ3v) is 11.6. The predicted octanol–water partition coefficient (Wildman–Crippen LogP) is 15.6. The van der Waals surface area contributed by atoms with Crippen LogP contribution in [-0.4, -0.2) is 4.57 Å². The second kappa shape index (κ2) is 14.1. The summed E-state index contributed by atoms with van der Waals surface area (Å²) in [6.45, 7) is 0. The Labute approximate surface area is 338 Å². The minimum absolute atomic E-state index is 1.10. The Kier molecular flexibility index (Phi) is 8.19. The lowest BCUT2D eigenvalue weighted by atomic mass is 9.93. The summed E-state index contributed by atoms with van der Waals surface area (Å²) in [6.07, 6.45) is 0. The molecule has 0 saturated carbocycles. The highest BCUT2D eigenvalue weighted by atomic mass is 15.1. The number of hydrogen-bond donors (Lipinski definition) is 0. The van der Waals surface area contributed by atoms with Gasteiger partial charge in [-0.15, -0.1) is 0 Å². The number of hydrogen-bond acceptors (Lipinski definition) is 1. The van der Waals surface area contributed by atoms with Crippen LogP contribution in [0.5, 0.6) is 0 Å². The van der Waals surface area contributed by atoms with Crippen molar-refractivity contribution in [3.8, 4) is 39.1 Å². The zero-order chi connectivity index (χ0) is 38.4. The maximum absolute atomic E-state index is 2.45. The molecule has 0 aliphatic rings. The number of nitrogens with zero attached hydrogens (tertiary/aromatic N) is 2. The molecule has 0 bridgehead atoms. The van der Waals surface area contributed by atoms with Crippen molar-refractivity contribution in [1.82, 2.24) is 4.57 Å². The topological polar surface area (TPSA) is 8.17 Å². The first-order valence-corrected chi connectivity index (χ1v) is 19.9. The number of fused-ring (bicyclic) bond motifs is 6. The number of benzene rings is 10. The van der Waals surface area contributed by atoms with Gasteiger partial charge < -0.3 is 9.47 Å². The largest absolute Gasteiger partial charge is 0.309 e. The minimum Gasteiger partial charge on any atom is -0.309 e. The van der Waals surface area contributed by atoms with Gasteiger partial charge in [-0.2, -0.15) is 0 Å². The van der Waals surface area contributed by atoms with Crippen molar-refractivity contribution in [2.45, 2.75) is 0 Å². The number of para-hydroxylation sites is 2. The molecule has 0 N–H and O–H groups in total. The molecule has 11 aromatic rings. The molecule has 0 unspecified atom stereocenters. The fraction of sp³-hybridized carbons (Fsp3) is 0. The van der Waals surface area contributed by atoms with Crippen LogP contribution < -0.4 is 4.90 Å². The quantitative estimate of drug-likeness (QED) is 0.148. The molecule has 0 amide bonds. The smallest absolute Gasteiger partial charge is 0.0562 e. The fourth-order valence-corrected chi connectivity index (χ4v) is 8.92. The predicted molar refractivity (Wildman–Crippen MR) is 247 cm³/mol. The molecule has 11 rings (SSSR count). The highest BCUT2D eigenvalue weighted by Crippen LogP contribution is 2.47. The van der Waals surface area contributed by atoms with Crippen molar-refractivity contribution < 1.29 is 0 Å². The molecule has 1 heterocycles. The van der Waals surface area contributed by atoms with Gasteiger partial charge in [-0.25, -0.2) is 0 Å². The van der Waals surface area contributed by atoms with E-state index in [0.29, 0.717) is 0 Å². The Bertz CT molecular complexity index is 3250. The van der Waals surface area contributed by atoms with E-state index in [2.05, 4.69) is 240 Å². The molecule has 10 aromatic carbocycles. The first-order valence-electron chi connectivity index (χ1n) is 19.9.